The number of nitrogens with zero attached hydrogens (tertiary/aromatic N) is 2. The summed E-state index contributed by atoms with van der Waals surface area (Å²) >= 11 is 0. The fraction of sp³-hybridized carbons (Fsp3) is 0.375. The zero-order valence-corrected chi connectivity index (χ0v) is 12.7. The van der Waals surface area contributed by atoms with E-state index in [-0.39, 0.29) is 24.4 Å². The van der Waals surface area contributed by atoms with E-state index in [0.29, 0.717) is 0 Å². The SMILES string of the molecule is Cc1c(C(C)NC(=O)CC(N)c2ccccc2)cnn1C. The van der Waals surface area contributed by atoms with E-state index in [1.165, 1.54) is 0 Å². The first-order valence-electron chi connectivity index (χ1n) is 7.07. The van der Waals surface area contributed by atoms with Gasteiger partial charge in [-0.05, 0) is 19.4 Å². The monoisotopic (exact) mass is 286 g/mol. The van der Waals surface area contributed by atoms with Crippen LogP contribution in [0.5, 0.6) is 0 Å². The van der Waals surface area contributed by atoms with Gasteiger partial charge in [0.15, 0.2) is 0 Å². The first-order chi connectivity index (χ1) is 9.99. The van der Waals surface area contributed by atoms with E-state index < -0.39 is 0 Å². The molecule has 0 saturated heterocycles. The van der Waals surface area contributed by atoms with Gasteiger partial charge in [-0.25, -0.2) is 0 Å². The molecule has 1 amide bonds. The third-order valence-corrected chi connectivity index (χ3v) is 3.75. The Kier molecular flexibility index (Phi) is 4.75. The number of carbonyl (C=O) groups excluding carboxylic acids is 1. The van der Waals surface area contributed by atoms with E-state index in [2.05, 4.69) is 10.4 Å². The van der Waals surface area contributed by atoms with Crippen molar-refractivity contribution in [3.63, 3.8) is 0 Å². The lowest BCUT2D eigenvalue weighted by atomic mass is 10.0. The number of nitrogens with one attached hydrogen (secondary N) is 1. The molecular weight excluding hydrogens is 264 g/mol. The minimum absolute atomic E-state index is 0.0536. The van der Waals surface area contributed by atoms with Crippen molar-refractivity contribution >= 4 is 5.91 Å². The van der Waals surface area contributed by atoms with E-state index in [1.807, 2.05) is 51.2 Å². The number of aromatic nitrogens is 2. The molecule has 0 saturated carbocycles. The minimum atomic E-state index is -0.284. The summed E-state index contributed by atoms with van der Waals surface area (Å²) in [7, 11) is 1.89. The van der Waals surface area contributed by atoms with Crippen LogP contribution in [0, 0.1) is 6.92 Å². The number of benzene rings is 1. The molecule has 5 heteroatoms. The second-order valence-electron chi connectivity index (χ2n) is 5.32. The number of hydrogen-bond donors (Lipinski definition) is 2. The van der Waals surface area contributed by atoms with Crippen LogP contribution < -0.4 is 11.1 Å². The van der Waals surface area contributed by atoms with Crippen LogP contribution in [0.15, 0.2) is 36.5 Å². The molecule has 2 unspecified atom stereocenters. The van der Waals surface area contributed by atoms with Crippen molar-refractivity contribution < 1.29 is 4.79 Å². The molecule has 1 aromatic carbocycles. The minimum Gasteiger partial charge on any atom is -0.349 e. The molecule has 112 valence electrons. The number of hydrogen-bond acceptors (Lipinski definition) is 3. The summed E-state index contributed by atoms with van der Waals surface area (Å²) in [6.07, 6.45) is 2.06. The Balaban J connectivity index is 1.94. The Morgan fingerprint density at radius 1 is 1.38 bits per heavy atom. The molecule has 1 aromatic heterocycles. The van der Waals surface area contributed by atoms with Gasteiger partial charge in [-0.1, -0.05) is 30.3 Å². The number of nitrogens with two attached hydrogens (primary N) is 1. The lowest BCUT2D eigenvalue weighted by Gasteiger charge is -2.16. The molecule has 0 radical (unpaired) electrons. The molecule has 0 aliphatic heterocycles. The van der Waals surface area contributed by atoms with Gasteiger partial charge in [0.25, 0.3) is 0 Å². The zero-order valence-electron chi connectivity index (χ0n) is 12.7. The van der Waals surface area contributed by atoms with Crippen LogP contribution in [0.4, 0.5) is 0 Å². The van der Waals surface area contributed by atoms with Crippen molar-refractivity contribution in [2.75, 3.05) is 0 Å². The number of rotatable bonds is 5. The molecule has 21 heavy (non-hydrogen) atoms. The summed E-state index contributed by atoms with van der Waals surface area (Å²) in [5, 5.41) is 7.17. The molecule has 2 atom stereocenters. The highest BCUT2D eigenvalue weighted by Gasteiger charge is 2.17. The van der Waals surface area contributed by atoms with Crippen LogP contribution in [0.3, 0.4) is 0 Å². The highest BCUT2D eigenvalue weighted by atomic mass is 16.1. The number of amides is 1. The first-order valence-corrected chi connectivity index (χ1v) is 7.07. The zero-order chi connectivity index (χ0) is 15.4. The summed E-state index contributed by atoms with van der Waals surface area (Å²) < 4.78 is 1.80. The molecule has 0 bridgehead atoms. The van der Waals surface area contributed by atoms with Crippen LogP contribution in [-0.2, 0) is 11.8 Å². The molecular formula is C16H22N4O. The molecule has 2 rings (SSSR count). The third kappa shape index (κ3) is 3.70. The Morgan fingerprint density at radius 2 is 2.05 bits per heavy atom. The summed E-state index contributed by atoms with van der Waals surface area (Å²) in [5.74, 6) is -0.0536. The van der Waals surface area contributed by atoms with E-state index >= 15 is 0 Å². The quantitative estimate of drug-likeness (QED) is 0.883. The van der Waals surface area contributed by atoms with Gasteiger partial charge in [0.1, 0.15) is 0 Å². The van der Waals surface area contributed by atoms with Crippen molar-refractivity contribution in [2.24, 2.45) is 12.8 Å². The molecule has 0 aliphatic carbocycles. The normalized spacial score (nSPS) is 13.7. The summed E-state index contributed by atoms with van der Waals surface area (Å²) in [4.78, 5) is 12.1. The van der Waals surface area contributed by atoms with Crippen molar-refractivity contribution in [2.45, 2.75) is 32.4 Å². The van der Waals surface area contributed by atoms with E-state index in [4.69, 9.17) is 5.73 Å². The van der Waals surface area contributed by atoms with Gasteiger partial charge < -0.3 is 11.1 Å². The molecule has 1 heterocycles. The maximum absolute atomic E-state index is 12.1. The van der Waals surface area contributed by atoms with Crippen LogP contribution in [-0.4, -0.2) is 15.7 Å². The Labute approximate surface area is 125 Å². The summed E-state index contributed by atoms with van der Waals surface area (Å²) in [6, 6.07) is 9.30. The van der Waals surface area contributed by atoms with E-state index in [9.17, 15) is 4.79 Å². The highest BCUT2D eigenvalue weighted by molar-refractivity contribution is 5.77. The van der Waals surface area contributed by atoms with Crippen molar-refractivity contribution in [1.82, 2.24) is 15.1 Å². The largest absolute Gasteiger partial charge is 0.349 e. The smallest absolute Gasteiger partial charge is 0.222 e. The average molecular weight is 286 g/mol. The fourth-order valence-electron chi connectivity index (χ4n) is 2.34. The van der Waals surface area contributed by atoms with E-state index in [0.717, 1.165) is 16.8 Å². The summed E-state index contributed by atoms with van der Waals surface area (Å²) in [6.45, 7) is 3.94. The Bertz CT molecular complexity index is 606. The van der Waals surface area contributed by atoms with Gasteiger partial charge in [0, 0.05) is 30.8 Å². The predicted octanol–water partition coefficient (Wildman–Crippen LogP) is 2.00. The van der Waals surface area contributed by atoms with Crippen LogP contribution in [0.2, 0.25) is 0 Å². The Morgan fingerprint density at radius 3 is 2.62 bits per heavy atom. The van der Waals surface area contributed by atoms with Gasteiger partial charge >= 0.3 is 0 Å². The van der Waals surface area contributed by atoms with Crippen LogP contribution >= 0.6 is 0 Å². The second-order valence-corrected chi connectivity index (χ2v) is 5.32. The van der Waals surface area contributed by atoms with Crippen molar-refractivity contribution in [1.29, 1.82) is 0 Å². The molecule has 0 aliphatic rings. The fourth-order valence-corrected chi connectivity index (χ4v) is 2.34. The topological polar surface area (TPSA) is 72.9 Å². The molecule has 0 fully saturated rings. The lowest BCUT2D eigenvalue weighted by molar-refractivity contribution is -0.122. The first kappa shape index (κ1) is 15.3. The predicted molar refractivity (Wildman–Crippen MR) is 82.5 cm³/mol. The van der Waals surface area contributed by atoms with Crippen molar-refractivity contribution in [3.8, 4) is 0 Å². The average Bonchev–Trinajstić information content (AvgIpc) is 2.79. The van der Waals surface area contributed by atoms with Gasteiger partial charge in [0.05, 0.1) is 12.2 Å². The van der Waals surface area contributed by atoms with Crippen molar-refractivity contribution in [3.05, 3.63) is 53.3 Å². The maximum Gasteiger partial charge on any atom is 0.222 e. The Hall–Kier alpha value is -2.14. The molecule has 5 nitrogen and oxygen atoms in total. The highest BCUT2D eigenvalue weighted by Crippen LogP contribution is 2.18. The van der Waals surface area contributed by atoms with E-state index in [1.54, 1.807) is 10.9 Å². The molecule has 3 N–H and O–H groups in total. The van der Waals surface area contributed by atoms with Crippen LogP contribution in [0.1, 0.15) is 42.2 Å². The number of aryl methyl sites for hydroxylation is 1. The third-order valence-electron chi connectivity index (χ3n) is 3.75. The molecule has 0 spiro atoms. The lowest BCUT2D eigenvalue weighted by Crippen LogP contribution is -2.30. The van der Waals surface area contributed by atoms with Gasteiger partial charge in [-0.15, -0.1) is 0 Å². The van der Waals surface area contributed by atoms with Gasteiger partial charge in [-0.3, -0.25) is 9.48 Å². The molecule has 2 aromatic rings. The number of carbonyl (C=O) groups is 1. The van der Waals surface area contributed by atoms with Gasteiger partial charge in [0.2, 0.25) is 5.91 Å². The second kappa shape index (κ2) is 6.54. The maximum atomic E-state index is 12.1. The summed E-state index contributed by atoms with van der Waals surface area (Å²) in [5.41, 5.74) is 9.12. The van der Waals surface area contributed by atoms with Gasteiger partial charge in [-0.2, -0.15) is 5.10 Å². The van der Waals surface area contributed by atoms with Crippen LogP contribution in [0.25, 0.3) is 0 Å². The standard InChI is InChI=1S/C16H22N4O/c1-11(14-10-18-20(3)12(14)2)19-16(21)9-15(17)13-7-5-4-6-8-13/h4-8,10-11,15H,9,17H2,1-3H3,(H,19,21).